The summed E-state index contributed by atoms with van der Waals surface area (Å²) in [4.78, 5) is 26.3. The van der Waals surface area contributed by atoms with E-state index in [1.54, 1.807) is 12.1 Å². The molecule has 0 fully saturated rings. The largest absolute Gasteiger partial charge is 0.480 e. The number of carbonyl (C=O) groups is 2. The van der Waals surface area contributed by atoms with E-state index >= 15 is 0 Å². The third-order valence-corrected chi connectivity index (χ3v) is 3.02. The summed E-state index contributed by atoms with van der Waals surface area (Å²) in [6.07, 6.45) is 1.50. The topological polar surface area (TPSA) is 103 Å². The van der Waals surface area contributed by atoms with Gasteiger partial charge in [-0.05, 0) is 12.1 Å². The van der Waals surface area contributed by atoms with Gasteiger partial charge in [-0.15, -0.1) is 11.8 Å². The summed E-state index contributed by atoms with van der Waals surface area (Å²) in [5.41, 5.74) is 0.302. The summed E-state index contributed by atoms with van der Waals surface area (Å²) in [5.74, 6) is -1.28. The number of carboxylic acid groups (broad SMARTS) is 1. The summed E-state index contributed by atoms with van der Waals surface area (Å²) in [5, 5.41) is 19.8. The molecule has 94 valence electrons. The van der Waals surface area contributed by atoms with Gasteiger partial charge in [0.05, 0.1) is 0 Å². The van der Waals surface area contributed by atoms with Gasteiger partial charge in [0.25, 0.3) is 0 Å². The number of thioether (sulfide) groups is 1. The predicted octanol–water partition coefficient (Wildman–Crippen LogP) is 0.635. The summed E-state index contributed by atoms with van der Waals surface area (Å²) < 4.78 is 0. The molecule has 0 bridgehead atoms. The van der Waals surface area contributed by atoms with Crippen LogP contribution in [0.25, 0.3) is 0 Å². The molecular weight excluding hydrogens is 254 g/mol. The van der Waals surface area contributed by atoms with Crippen molar-refractivity contribution in [1.29, 1.82) is 5.26 Å². The highest BCUT2D eigenvalue weighted by Crippen LogP contribution is 2.17. The molecule has 0 aliphatic carbocycles. The van der Waals surface area contributed by atoms with Crippen LogP contribution in [-0.2, 0) is 9.59 Å². The Hall–Kier alpha value is -2.07. The Labute approximate surface area is 108 Å². The summed E-state index contributed by atoms with van der Waals surface area (Å²) >= 11 is 1.25. The number of nitrogens with one attached hydrogen (secondary N) is 1. The fraction of sp³-hybridized carbons (Fsp3) is 0.273. The van der Waals surface area contributed by atoms with Crippen LogP contribution in [0.2, 0.25) is 0 Å². The first-order valence-corrected chi connectivity index (χ1v) is 6.00. The summed E-state index contributed by atoms with van der Waals surface area (Å²) in [6.45, 7) is 1.27. The molecule has 0 radical (unpaired) electrons. The molecule has 6 nitrogen and oxygen atoms in total. The van der Waals surface area contributed by atoms with Gasteiger partial charge >= 0.3 is 5.97 Å². The van der Waals surface area contributed by atoms with Crippen LogP contribution in [0, 0.1) is 11.3 Å². The minimum Gasteiger partial charge on any atom is -0.480 e. The highest BCUT2D eigenvalue weighted by atomic mass is 32.2. The number of carbonyl (C=O) groups excluding carboxylic acids is 1. The molecule has 1 heterocycles. The van der Waals surface area contributed by atoms with Gasteiger partial charge in [0.15, 0.2) is 0 Å². The number of amides is 1. The number of carboxylic acids is 1. The maximum atomic E-state index is 10.9. The van der Waals surface area contributed by atoms with Gasteiger partial charge in [-0.25, -0.2) is 9.78 Å². The van der Waals surface area contributed by atoms with Crippen LogP contribution < -0.4 is 5.32 Å². The van der Waals surface area contributed by atoms with E-state index < -0.39 is 12.0 Å². The van der Waals surface area contributed by atoms with E-state index in [0.717, 1.165) is 4.90 Å². The number of rotatable bonds is 5. The van der Waals surface area contributed by atoms with Crippen LogP contribution in [0.5, 0.6) is 0 Å². The first-order valence-electron chi connectivity index (χ1n) is 5.02. The maximum Gasteiger partial charge on any atom is 0.327 e. The SMILES string of the molecule is CC(=O)NC(CSc1ccc(C#N)nc1)C(=O)O. The van der Waals surface area contributed by atoms with E-state index in [0.29, 0.717) is 5.69 Å². The number of aliphatic carboxylic acids is 1. The first kappa shape index (κ1) is 14.0. The van der Waals surface area contributed by atoms with Crippen molar-refractivity contribution in [2.75, 3.05) is 5.75 Å². The number of nitriles is 1. The molecule has 0 saturated heterocycles. The number of aromatic nitrogens is 1. The van der Waals surface area contributed by atoms with E-state index in [2.05, 4.69) is 10.3 Å². The predicted molar refractivity (Wildman–Crippen MR) is 64.9 cm³/mol. The third kappa shape index (κ3) is 4.43. The normalized spacial score (nSPS) is 11.3. The molecule has 0 saturated carbocycles. The van der Waals surface area contributed by atoms with Gasteiger partial charge in [0.2, 0.25) is 5.91 Å². The van der Waals surface area contributed by atoms with Crippen molar-refractivity contribution >= 4 is 23.6 Å². The van der Waals surface area contributed by atoms with Crippen LogP contribution in [0.3, 0.4) is 0 Å². The van der Waals surface area contributed by atoms with Gasteiger partial charge in [0, 0.05) is 23.8 Å². The average molecular weight is 265 g/mol. The van der Waals surface area contributed by atoms with Gasteiger partial charge in [0.1, 0.15) is 17.8 Å². The maximum absolute atomic E-state index is 10.9. The zero-order valence-corrected chi connectivity index (χ0v) is 10.4. The summed E-state index contributed by atoms with van der Waals surface area (Å²) in [7, 11) is 0. The van der Waals surface area contributed by atoms with Crippen molar-refractivity contribution in [1.82, 2.24) is 10.3 Å². The highest BCUT2D eigenvalue weighted by molar-refractivity contribution is 7.99. The molecule has 18 heavy (non-hydrogen) atoms. The lowest BCUT2D eigenvalue weighted by molar-refractivity contribution is -0.140. The zero-order chi connectivity index (χ0) is 13.5. The Bertz CT molecular complexity index is 481. The monoisotopic (exact) mass is 265 g/mol. The first-order chi connectivity index (χ1) is 8.52. The molecule has 1 aromatic rings. The molecule has 2 N–H and O–H groups in total. The summed E-state index contributed by atoms with van der Waals surface area (Å²) in [6, 6.07) is 4.19. The second-order valence-corrected chi connectivity index (χ2v) is 4.49. The van der Waals surface area contributed by atoms with Gasteiger partial charge in [-0.2, -0.15) is 5.26 Å². The van der Waals surface area contributed by atoms with Gasteiger partial charge in [-0.1, -0.05) is 0 Å². The van der Waals surface area contributed by atoms with E-state index in [-0.39, 0.29) is 11.7 Å². The van der Waals surface area contributed by atoms with Gasteiger partial charge < -0.3 is 10.4 Å². The van der Waals surface area contributed by atoms with Crippen LogP contribution in [0.4, 0.5) is 0 Å². The minimum atomic E-state index is -1.08. The van der Waals surface area contributed by atoms with Gasteiger partial charge in [-0.3, -0.25) is 4.79 Å². The molecular formula is C11H11N3O3S. The number of nitrogens with zero attached hydrogens (tertiary/aromatic N) is 2. The number of pyridine rings is 1. The molecule has 0 aliphatic rings. The molecule has 1 amide bonds. The fourth-order valence-corrected chi connectivity index (χ4v) is 2.01. The molecule has 0 aliphatic heterocycles. The van der Waals surface area contributed by atoms with E-state index in [1.165, 1.54) is 24.9 Å². The van der Waals surface area contributed by atoms with Crippen molar-refractivity contribution < 1.29 is 14.7 Å². The van der Waals surface area contributed by atoms with Crippen LogP contribution in [-0.4, -0.2) is 33.8 Å². The lowest BCUT2D eigenvalue weighted by Gasteiger charge is -2.12. The van der Waals surface area contributed by atoms with Crippen molar-refractivity contribution in [2.24, 2.45) is 0 Å². The standard InChI is InChI=1S/C11H11N3O3S/c1-7(15)14-10(11(16)17)6-18-9-3-2-8(4-12)13-5-9/h2-3,5,10H,6H2,1H3,(H,14,15)(H,16,17). The molecule has 7 heteroatoms. The number of hydrogen-bond donors (Lipinski definition) is 2. The fourth-order valence-electron chi connectivity index (χ4n) is 1.13. The Kier molecular flexibility index (Phi) is 5.14. The molecule has 1 unspecified atom stereocenters. The lowest BCUT2D eigenvalue weighted by Crippen LogP contribution is -2.41. The van der Waals surface area contributed by atoms with Crippen LogP contribution >= 0.6 is 11.8 Å². The van der Waals surface area contributed by atoms with E-state index in [4.69, 9.17) is 10.4 Å². The smallest absolute Gasteiger partial charge is 0.327 e. The molecule has 1 atom stereocenters. The molecule has 1 aromatic heterocycles. The Balaban J connectivity index is 2.58. The van der Waals surface area contributed by atoms with Crippen LogP contribution in [0.1, 0.15) is 12.6 Å². The van der Waals surface area contributed by atoms with Crippen molar-refractivity contribution in [3.63, 3.8) is 0 Å². The second kappa shape index (κ2) is 6.61. The van der Waals surface area contributed by atoms with Crippen molar-refractivity contribution in [3.8, 4) is 6.07 Å². The van der Waals surface area contributed by atoms with E-state index in [9.17, 15) is 9.59 Å². The quantitative estimate of drug-likeness (QED) is 0.757. The Morgan fingerprint density at radius 2 is 2.33 bits per heavy atom. The van der Waals surface area contributed by atoms with Crippen LogP contribution in [0.15, 0.2) is 23.2 Å². The third-order valence-electron chi connectivity index (χ3n) is 1.94. The molecule has 0 aromatic carbocycles. The van der Waals surface area contributed by atoms with Crippen molar-refractivity contribution in [3.05, 3.63) is 24.0 Å². The Morgan fingerprint density at radius 1 is 1.61 bits per heavy atom. The average Bonchev–Trinajstić information content (AvgIpc) is 2.34. The lowest BCUT2D eigenvalue weighted by atomic mass is 10.3. The Morgan fingerprint density at radius 3 is 2.78 bits per heavy atom. The van der Waals surface area contributed by atoms with Crippen molar-refractivity contribution in [2.45, 2.75) is 17.9 Å². The molecule has 0 spiro atoms. The van der Waals surface area contributed by atoms with E-state index in [1.807, 2.05) is 6.07 Å². The second-order valence-electron chi connectivity index (χ2n) is 3.39. The minimum absolute atomic E-state index is 0.197. The molecule has 1 rings (SSSR count). The highest BCUT2D eigenvalue weighted by Gasteiger charge is 2.18. The number of hydrogen-bond acceptors (Lipinski definition) is 5. The zero-order valence-electron chi connectivity index (χ0n) is 9.58.